The van der Waals surface area contributed by atoms with Crippen molar-refractivity contribution in [3.05, 3.63) is 22.2 Å². The Balaban J connectivity index is 1.64. The van der Waals surface area contributed by atoms with Crippen molar-refractivity contribution < 1.29 is 14.6 Å². The molecule has 1 aliphatic heterocycles. The van der Waals surface area contributed by atoms with E-state index in [2.05, 4.69) is 21.2 Å². The number of halogens is 1. The lowest BCUT2D eigenvalue weighted by molar-refractivity contribution is 0.0809. The third-order valence-corrected chi connectivity index (χ3v) is 4.70. The third-order valence-electron chi connectivity index (χ3n) is 4.10. The number of hydrogen-bond donors (Lipinski definition) is 2. The van der Waals surface area contributed by atoms with Gasteiger partial charge in [0.1, 0.15) is 0 Å². The van der Waals surface area contributed by atoms with Crippen LogP contribution in [0.3, 0.4) is 0 Å². The van der Waals surface area contributed by atoms with Crippen molar-refractivity contribution in [2.75, 3.05) is 13.7 Å². The molecule has 1 aliphatic carbocycles. The van der Waals surface area contributed by atoms with E-state index in [1.165, 1.54) is 12.8 Å². The van der Waals surface area contributed by atoms with Gasteiger partial charge in [-0.25, -0.2) is 0 Å². The number of benzene rings is 1. The fraction of sp³-hybridized carbons (Fsp3) is 0.600. The maximum absolute atomic E-state index is 9.81. The molecular weight excluding hydrogens is 322 g/mol. The summed E-state index contributed by atoms with van der Waals surface area (Å²) in [5, 5.41) is 13.4. The van der Waals surface area contributed by atoms with Crippen LogP contribution in [-0.4, -0.2) is 31.0 Å². The van der Waals surface area contributed by atoms with Gasteiger partial charge in [0.05, 0.1) is 17.7 Å². The molecule has 2 unspecified atom stereocenters. The number of ether oxygens (including phenoxy) is 2. The van der Waals surface area contributed by atoms with Crippen molar-refractivity contribution in [3.8, 4) is 11.5 Å². The summed E-state index contributed by atoms with van der Waals surface area (Å²) < 4.78 is 11.7. The summed E-state index contributed by atoms with van der Waals surface area (Å²) in [6.45, 7) is 1.62. The Hall–Kier alpha value is -0.780. The smallest absolute Gasteiger partial charge is 0.172 e. The molecule has 2 N–H and O–H groups in total. The Morgan fingerprint density at radius 3 is 2.90 bits per heavy atom. The molecule has 1 saturated heterocycles. The normalized spacial score (nSPS) is 25.9. The standard InChI is InChI=1S/C15H20BrNO3/c1-19-13-7-9(6-11(16)14(13)18)8-17-12-4-5-20-15(12)10-2-3-10/h6-7,10,12,15,17-18H,2-5,8H2,1H3. The van der Waals surface area contributed by atoms with Gasteiger partial charge in [-0.3, -0.25) is 0 Å². The Bertz CT molecular complexity index is 490. The third kappa shape index (κ3) is 2.95. The lowest BCUT2D eigenvalue weighted by atomic mass is 10.1. The van der Waals surface area contributed by atoms with E-state index in [0.29, 0.717) is 22.4 Å². The Morgan fingerprint density at radius 2 is 2.20 bits per heavy atom. The van der Waals surface area contributed by atoms with Crippen molar-refractivity contribution in [2.45, 2.75) is 38.0 Å². The average Bonchev–Trinajstić information content (AvgIpc) is 3.19. The van der Waals surface area contributed by atoms with Crippen LogP contribution in [0.2, 0.25) is 0 Å². The van der Waals surface area contributed by atoms with Crippen molar-refractivity contribution in [1.82, 2.24) is 5.32 Å². The lowest BCUT2D eigenvalue weighted by Gasteiger charge is -2.20. The molecule has 1 aromatic carbocycles. The van der Waals surface area contributed by atoms with Gasteiger partial charge < -0.3 is 19.9 Å². The summed E-state index contributed by atoms with van der Waals surface area (Å²) in [5.74, 6) is 1.41. The van der Waals surface area contributed by atoms with Gasteiger partial charge in [-0.1, -0.05) is 0 Å². The number of rotatable bonds is 5. The zero-order valence-electron chi connectivity index (χ0n) is 11.6. The molecule has 110 valence electrons. The molecule has 1 aromatic rings. The van der Waals surface area contributed by atoms with E-state index >= 15 is 0 Å². The molecule has 0 amide bonds. The van der Waals surface area contributed by atoms with Gasteiger partial charge in [0, 0.05) is 19.2 Å². The first-order valence-corrected chi connectivity index (χ1v) is 7.88. The number of phenolic OH excluding ortho intramolecular Hbond substituents is 1. The van der Waals surface area contributed by atoms with E-state index in [4.69, 9.17) is 9.47 Å². The summed E-state index contributed by atoms with van der Waals surface area (Å²) in [7, 11) is 1.56. The molecule has 3 rings (SSSR count). The maximum Gasteiger partial charge on any atom is 0.172 e. The Kier molecular flexibility index (Phi) is 4.19. The highest BCUT2D eigenvalue weighted by molar-refractivity contribution is 9.10. The van der Waals surface area contributed by atoms with Gasteiger partial charge in [-0.2, -0.15) is 0 Å². The van der Waals surface area contributed by atoms with Crippen LogP contribution >= 0.6 is 15.9 Å². The predicted molar refractivity (Wildman–Crippen MR) is 80.1 cm³/mol. The van der Waals surface area contributed by atoms with Crippen LogP contribution in [0.15, 0.2) is 16.6 Å². The second kappa shape index (κ2) is 5.92. The fourth-order valence-corrected chi connectivity index (χ4v) is 3.34. The quantitative estimate of drug-likeness (QED) is 0.864. The van der Waals surface area contributed by atoms with Gasteiger partial charge >= 0.3 is 0 Å². The zero-order chi connectivity index (χ0) is 14.1. The molecule has 5 heteroatoms. The molecule has 0 spiro atoms. The minimum atomic E-state index is 0.149. The van der Waals surface area contributed by atoms with Crippen LogP contribution in [0.4, 0.5) is 0 Å². The highest BCUT2D eigenvalue weighted by Crippen LogP contribution is 2.39. The average molecular weight is 342 g/mol. The molecule has 2 fully saturated rings. The summed E-state index contributed by atoms with van der Waals surface area (Å²) >= 11 is 3.35. The number of nitrogens with one attached hydrogen (secondary N) is 1. The van der Waals surface area contributed by atoms with Gasteiger partial charge in [0.15, 0.2) is 11.5 Å². The highest BCUT2D eigenvalue weighted by Gasteiger charge is 2.40. The predicted octanol–water partition coefficient (Wildman–Crippen LogP) is 2.82. The van der Waals surface area contributed by atoms with Crippen LogP contribution in [0.1, 0.15) is 24.8 Å². The van der Waals surface area contributed by atoms with Crippen LogP contribution in [0.5, 0.6) is 11.5 Å². The van der Waals surface area contributed by atoms with Gasteiger partial charge in [0.2, 0.25) is 0 Å². The van der Waals surface area contributed by atoms with Crippen LogP contribution in [0, 0.1) is 5.92 Å². The first-order valence-electron chi connectivity index (χ1n) is 7.09. The second-order valence-corrected chi connectivity index (χ2v) is 6.43. The van der Waals surface area contributed by atoms with Crippen LogP contribution in [-0.2, 0) is 11.3 Å². The van der Waals surface area contributed by atoms with Crippen LogP contribution < -0.4 is 10.1 Å². The molecule has 1 heterocycles. The largest absolute Gasteiger partial charge is 0.503 e. The molecule has 1 saturated carbocycles. The van der Waals surface area contributed by atoms with Crippen molar-refractivity contribution in [1.29, 1.82) is 0 Å². The fourth-order valence-electron chi connectivity index (χ4n) is 2.85. The van der Waals surface area contributed by atoms with E-state index in [0.717, 1.165) is 31.1 Å². The summed E-state index contributed by atoms with van der Waals surface area (Å²) in [6.07, 6.45) is 4.08. The Labute approximate surface area is 127 Å². The molecule has 4 nitrogen and oxygen atoms in total. The molecular formula is C15H20BrNO3. The SMILES string of the molecule is COc1cc(CNC2CCOC2C2CC2)cc(Br)c1O. The number of aromatic hydroxyl groups is 1. The summed E-state index contributed by atoms with van der Waals surface area (Å²) in [5.41, 5.74) is 1.09. The first kappa shape index (κ1) is 14.2. The maximum atomic E-state index is 9.81. The molecule has 0 radical (unpaired) electrons. The zero-order valence-corrected chi connectivity index (χ0v) is 13.1. The van der Waals surface area contributed by atoms with Gasteiger partial charge in [-0.05, 0) is 58.8 Å². The molecule has 2 atom stereocenters. The van der Waals surface area contributed by atoms with E-state index < -0.39 is 0 Å². The number of hydrogen-bond acceptors (Lipinski definition) is 4. The summed E-state index contributed by atoms with van der Waals surface area (Å²) in [6, 6.07) is 4.24. The molecule has 20 heavy (non-hydrogen) atoms. The van der Waals surface area contributed by atoms with E-state index in [9.17, 15) is 5.11 Å². The van der Waals surface area contributed by atoms with E-state index in [1.54, 1.807) is 7.11 Å². The van der Waals surface area contributed by atoms with Crippen LogP contribution in [0.25, 0.3) is 0 Å². The Morgan fingerprint density at radius 1 is 1.40 bits per heavy atom. The monoisotopic (exact) mass is 341 g/mol. The highest BCUT2D eigenvalue weighted by atomic mass is 79.9. The lowest BCUT2D eigenvalue weighted by Crippen LogP contribution is -2.37. The van der Waals surface area contributed by atoms with Crippen molar-refractivity contribution in [2.24, 2.45) is 5.92 Å². The van der Waals surface area contributed by atoms with Crippen molar-refractivity contribution >= 4 is 15.9 Å². The van der Waals surface area contributed by atoms with Gasteiger partial charge in [0.25, 0.3) is 0 Å². The van der Waals surface area contributed by atoms with E-state index in [-0.39, 0.29) is 5.75 Å². The number of methoxy groups -OCH3 is 1. The second-order valence-electron chi connectivity index (χ2n) is 5.58. The number of phenols is 1. The summed E-state index contributed by atoms with van der Waals surface area (Å²) in [4.78, 5) is 0. The molecule has 0 bridgehead atoms. The molecule has 2 aliphatic rings. The minimum Gasteiger partial charge on any atom is -0.503 e. The molecule has 0 aromatic heterocycles. The van der Waals surface area contributed by atoms with E-state index in [1.807, 2.05) is 12.1 Å². The van der Waals surface area contributed by atoms with Crippen molar-refractivity contribution in [3.63, 3.8) is 0 Å². The topological polar surface area (TPSA) is 50.7 Å². The van der Waals surface area contributed by atoms with Gasteiger partial charge in [-0.15, -0.1) is 0 Å². The minimum absolute atomic E-state index is 0.149. The first-order chi connectivity index (χ1) is 9.69.